The van der Waals surface area contributed by atoms with Crippen LogP contribution in [0.25, 0.3) is 0 Å². The summed E-state index contributed by atoms with van der Waals surface area (Å²) in [6.45, 7) is 13.8. The molecular weight excluding hydrogens is 260 g/mol. The van der Waals surface area contributed by atoms with E-state index in [-0.39, 0.29) is 10.8 Å². The van der Waals surface area contributed by atoms with Gasteiger partial charge in [0.15, 0.2) is 0 Å². The maximum absolute atomic E-state index is 2.34. The predicted octanol–water partition coefficient (Wildman–Crippen LogP) is 6.41. The Bertz CT molecular complexity index is 489. The van der Waals surface area contributed by atoms with Gasteiger partial charge in [-0.25, -0.2) is 0 Å². The fourth-order valence-corrected chi connectivity index (χ4v) is 4.02. The van der Waals surface area contributed by atoms with Gasteiger partial charge in [0.25, 0.3) is 0 Å². The zero-order valence-corrected chi connectivity index (χ0v) is 14.4. The van der Waals surface area contributed by atoms with Crippen LogP contribution in [0.1, 0.15) is 48.0 Å². The third-order valence-electron chi connectivity index (χ3n) is 3.77. The van der Waals surface area contributed by atoms with E-state index in [2.05, 4.69) is 76.7 Å². The molecule has 0 aromatic rings. The Kier molecular flexibility index (Phi) is 4.20. The van der Waals surface area contributed by atoms with Gasteiger partial charge in [0.1, 0.15) is 0 Å². The van der Waals surface area contributed by atoms with Crippen molar-refractivity contribution in [2.24, 2.45) is 10.8 Å². The number of hydrogen-bond donors (Lipinski definition) is 0. The average Bonchev–Trinajstić information content (AvgIpc) is 2.48. The summed E-state index contributed by atoms with van der Waals surface area (Å²) in [7, 11) is 0. The Morgan fingerprint density at radius 2 is 1.15 bits per heavy atom. The van der Waals surface area contributed by atoms with Crippen LogP contribution in [0.3, 0.4) is 0 Å². The summed E-state index contributed by atoms with van der Waals surface area (Å²) in [6, 6.07) is 0. The molecule has 1 heteroatoms. The van der Waals surface area contributed by atoms with E-state index in [0.29, 0.717) is 0 Å². The van der Waals surface area contributed by atoms with Crippen molar-refractivity contribution in [3.63, 3.8) is 0 Å². The maximum atomic E-state index is 2.34. The molecule has 0 saturated carbocycles. The van der Waals surface area contributed by atoms with Crippen LogP contribution < -0.4 is 0 Å². The molecule has 0 spiro atoms. The van der Waals surface area contributed by atoms with E-state index in [0.717, 1.165) is 6.42 Å². The Balaban J connectivity index is 2.55. The molecule has 0 saturated heterocycles. The Morgan fingerprint density at radius 3 is 1.50 bits per heavy atom. The van der Waals surface area contributed by atoms with Crippen molar-refractivity contribution in [2.75, 3.05) is 0 Å². The smallest absolute Gasteiger partial charge is 0.00195 e. The summed E-state index contributed by atoms with van der Waals surface area (Å²) in [5.41, 5.74) is 6.22. The van der Waals surface area contributed by atoms with Crippen molar-refractivity contribution in [2.45, 2.75) is 48.0 Å². The molecule has 0 N–H and O–H groups in total. The van der Waals surface area contributed by atoms with E-state index in [1.807, 2.05) is 11.8 Å². The van der Waals surface area contributed by atoms with Crippen LogP contribution in [0.5, 0.6) is 0 Å². The molecule has 0 fully saturated rings. The minimum atomic E-state index is 0.190. The molecule has 2 aliphatic rings. The van der Waals surface area contributed by atoms with E-state index >= 15 is 0 Å². The van der Waals surface area contributed by atoms with Crippen LogP contribution in [0, 0.1) is 10.8 Å². The van der Waals surface area contributed by atoms with Gasteiger partial charge in [0.2, 0.25) is 0 Å². The zero-order chi connectivity index (χ0) is 15.0. The lowest BCUT2D eigenvalue weighted by atomic mass is 9.77. The van der Waals surface area contributed by atoms with Gasteiger partial charge < -0.3 is 0 Å². The molecular formula is C19H26S. The van der Waals surface area contributed by atoms with Crippen LogP contribution >= 0.6 is 11.8 Å². The highest BCUT2D eigenvalue weighted by molar-refractivity contribution is 8.05. The highest BCUT2D eigenvalue weighted by atomic mass is 32.2. The van der Waals surface area contributed by atoms with Crippen molar-refractivity contribution < 1.29 is 0 Å². The standard InChI is InChI=1S/C19H26S/c1-18(2,3)16-12-20-13-17(19(4,5)6)15-10-8-7-9-14(16)11-15/h7-10,12-13H,11H2,1-6H3/b16-12+,17-13+. The van der Waals surface area contributed by atoms with E-state index < -0.39 is 0 Å². The lowest BCUT2D eigenvalue weighted by Crippen LogP contribution is -2.16. The summed E-state index contributed by atoms with van der Waals surface area (Å²) in [4.78, 5) is 0. The molecule has 0 aromatic heterocycles. The maximum Gasteiger partial charge on any atom is -0.00195 e. The number of hydrogen-bond acceptors (Lipinski definition) is 1. The van der Waals surface area contributed by atoms with Crippen LogP contribution in [-0.4, -0.2) is 0 Å². The monoisotopic (exact) mass is 286 g/mol. The molecule has 0 atom stereocenters. The minimum Gasteiger partial charge on any atom is -0.105 e. The summed E-state index contributed by atoms with van der Waals surface area (Å²) in [5.74, 6) is 0. The fourth-order valence-electron chi connectivity index (χ4n) is 2.67. The van der Waals surface area contributed by atoms with Gasteiger partial charge in [0, 0.05) is 0 Å². The first kappa shape index (κ1) is 15.4. The number of fused-ring (bicyclic) bond motifs is 2. The number of thioether (sulfide) groups is 1. The Morgan fingerprint density at radius 1 is 0.750 bits per heavy atom. The highest BCUT2D eigenvalue weighted by Gasteiger charge is 2.27. The summed E-state index contributed by atoms with van der Waals surface area (Å²) in [5, 5.41) is 4.68. The number of allylic oxidation sites excluding steroid dienone is 8. The van der Waals surface area contributed by atoms with E-state index in [1.165, 1.54) is 22.3 Å². The molecule has 0 radical (unpaired) electrons. The molecule has 1 heterocycles. The SMILES string of the molecule is CC(C)(C)/C1=C/S/C=C(/C(C)(C)C)C2=CC=CC=C1C2. The van der Waals surface area contributed by atoms with E-state index in [1.54, 1.807) is 0 Å². The van der Waals surface area contributed by atoms with Gasteiger partial charge in [-0.2, -0.15) is 0 Å². The molecule has 0 aromatic carbocycles. The van der Waals surface area contributed by atoms with Crippen molar-refractivity contribution in [1.82, 2.24) is 0 Å². The Hall–Kier alpha value is -0.950. The predicted molar refractivity (Wildman–Crippen MR) is 92.6 cm³/mol. The summed E-state index contributed by atoms with van der Waals surface area (Å²) in [6.07, 6.45) is 9.97. The van der Waals surface area contributed by atoms with Crippen molar-refractivity contribution >= 4 is 11.8 Å². The van der Waals surface area contributed by atoms with Crippen LogP contribution in [-0.2, 0) is 0 Å². The molecule has 0 amide bonds. The minimum absolute atomic E-state index is 0.190. The third kappa shape index (κ3) is 3.38. The molecule has 0 nitrogen and oxygen atoms in total. The van der Waals surface area contributed by atoms with Gasteiger partial charge in [-0.1, -0.05) is 65.8 Å². The third-order valence-corrected chi connectivity index (χ3v) is 4.51. The molecule has 108 valence electrons. The Labute approximate surface area is 128 Å². The van der Waals surface area contributed by atoms with Gasteiger partial charge in [-0.15, -0.1) is 11.8 Å². The molecule has 2 rings (SSSR count). The normalized spacial score (nSPS) is 25.3. The van der Waals surface area contributed by atoms with Crippen molar-refractivity contribution in [1.29, 1.82) is 0 Å². The van der Waals surface area contributed by atoms with Crippen LogP contribution in [0.4, 0.5) is 0 Å². The van der Waals surface area contributed by atoms with Crippen LogP contribution in [0.15, 0.2) is 57.4 Å². The molecule has 2 bridgehead atoms. The lowest BCUT2D eigenvalue weighted by molar-refractivity contribution is 0.500. The first-order valence-electron chi connectivity index (χ1n) is 7.33. The zero-order valence-electron chi connectivity index (χ0n) is 13.6. The quantitative estimate of drug-likeness (QED) is 0.496. The first-order chi connectivity index (χ1) is 9.19. The molecule has 20 heavy (non-hydrogen) atoms. The fraction of sp³-hybridized carbons (Fsp3) is 0.474. The lowest BCUT2D eigenvalue weighted by Gasteiger charge is -2.31. The largest absolute Gasteiger partial charge is 0.105 e. The van der Waals surface area contributed by atoms with Crippen molar-refractivity contribution in [3.05, 3.63) is 57.4 Å². The van der Waals surface area contributed by atoms with Gasteiger partial charge in [0.05, 0.1) is 0 Å². The topological polar surface area (TPSA) is 0 Å². The van der Waals surface area contributed by atoms with E-state index in [4.69, 9.17) is 0 Å². The highest BCUT2D eigenvalue weighted by Crippen LogP contribution is 2.44. The molecule has 1 aliphatic heterocycles. The summed E-state index contributed by atoms with van der Waals surface area (Å²) < 4.78 is 0. The number of rotatable bonds is 0. The van der Waals surface area contributed by atoms with E-state index in [9.17, 15) is 0 Å². The first-order valence-corrected chi connectivity index (χ1v) is 8.28. The molecule has 0 unspecified atom stereocenters. The van der Waals surface area contributed by atoms with Crippen LogP contribution in [0.2, 0.25) is 0 Å². The average molecular weight is 286 g/mol. The second kappa shape index (κ2) is 5.44. The van der Waals surface area contributed by atoms with Gasteiger partial charge >= 0.3 is 0 Å². The molecule has 1 aliphatic carbocycles. The second-order valence-electron chi connectivity index (χ2n) is 7.64. The van der Waals surface area contributed by atoms with Gasteiger partial charge in [-0.3, -0.25) is 0 Å². The van der Waals surface area contributed by atoms with Gasteiger partial charge in [-0.05, 0) is 50.4 Å². The second-order valence-corrected chi connectivity index (χ2v) is 8.39. The summed E-state index contributed by atoms with van der Waals surface area (Å²) >= 11 is 1.83. The van der Waals surface area contributed by atoms with Crippen molar-refractivity contribution in [3.8, 4) is 0 Å².